The Bertz CT molecular complexity index is 388. The van der Waals surface area contributed by atoms with Crippen LogP contribution in [0, 0.1) is 5.92 Å². The predicted molar refractivity (Wildman–Crippen MR) is 81.6 cm³/mol. The summed E-state index contributed by atoms with van der Waals surface area (Å²) in [5, 5.41) is 5.91. The molecule has 0 bridgehead atoms. The van der Waals surface area contributed by atoms with Crippen LogP contribution in [0.1, 0.15) is 25.0 Å². The molecule has 112 valence electrons. The molecule has 1 amide bonds. The summed E-state index contributed by atoms with van der Waals surface area (Å²) in [6.45, 7) is 6.58. The highest BCUT2D eigenvalue weighted by atomic mass is 16.5. The van der Waals surface area contributed by atoms with E-state index in [0.717, 1.165) is 6.42 Å². The Kier molecular flexibility index (Phi) is 7.92. The first-order chi connectivity index (χ1) is 9.61. The molecule has 0 aliphatic carbocycles. The quantitative estimate of drug-likeness (QED) is 0.677. The lowest BCUT2D eigenvalue weighted by Crippen LogP contribution is -2.35. The number of amides is 1. The van der Waals surface area contributed by atoms with Crippen LogP contribution in [0.4, 0.5) is 0 Å². The molecule has 0 atom stereocenters. The van der Waals surface area contributed by atoms with E-state index < -0.39 is 0 Å². The minimum Gasteiger partial charge on any atom is -0.383 e. The van der Waals surface area contributed by atoms with E-state index in [1.54, 1.807) is 7.11 Å². The van der Waals surface area contributed by atoms with Crippen LogP contribution < -0.4 is 10.6 Å². The summed E-state index contributed by atoms with van der Waals surface area (Å²) in [6.07, 6.45) is 1.11. The maximum absolute atomic E-state index is 11.5. The monoisotopic (exact) mass is 278 g/mol. The van der Waals surface area contributed by atoms with Crippen LogP contribution in [0.25, 0.3) is 0 Å². The topological polar surface area (TPSA) is 50.4 Å². The second-order valence-electron chi connectivity index (χ2n) is 5.36. The number of methoxy groups -OCH3 is 1. The minimum absolute atomic E-state index is 0.00141. The second-order valence-corrected chi connectivity index (χ2v) is 5.36. The van der Waals surface area contributed by atoms with Gasteiger partial charge in [0.1, 0.15) is 0 Å². The Morgan fingerprint density at radius 3 is 2.45 bits per heavy atom. The Morgan fingerprint density at radius 2 is 1.85 bits per heavy atom. The molecule has 0 unspecified atom stereocenters. The first-order valence-electron chi connectivity index (χ1n) is 7.16. The average molecular weight is 278 g/mol. The number of carbonyl (C=O) groups excluding carboxylic acids is 1. The molecule has 4 heteroatoms. The van der Waals surface area contributed by atoms with E-state index in [4.69, 9.17) is 4.74 Å². The van der Waals surface area contributed by atoms with Gasteiger partial charge < -0.3 is 15.4 Å². The molecule has 4 nitrogen and oxygen atoms in total. The van der Waals surface area contributed by atoms with Gasteiger partial charge in [0.05, 0.1) is 13.2 Å². The summed E-state index contributed by atoms with van der Waals surface area (Å²) < 4.78 is 4.87. The van der Waals surface area contributed by atoms with Gasteiger partial charge in [0, 0.05) is 20.2 Å². The van der Waals surface area contributed by atoms with E-state index in [1.165, 1.54) is 11.1 Å². The highest BCUT2D eigenvalue weighted by molar-refractivity contribution is 5.77. The molecular weight excluding hydrogens is 252 g/mol. The van der Waals surface area contributed by atoms with Crippen molar-refractivity contribution in [2.45, 2.75) is 26.8 Å². The largest absolute Gasteiger partial charge is 0.383 e. The number of hydrogen-bond donors (Lipinski definition) is 2. The zero-order valence-electron chi connectivity index (χ0n) is 12.7. The summed E-state index contributed by atoms with van der Waals surface area (Å²) in [5.74, 6) is 0.674. The van der Waals surface area contributed by atoms with Crippen LogP contribution in [0.15, 0.2) is 24.3 Å². The number of nitrogens with one attached hydrogen (secondary N) is 2. The Labute approximate surface area is 121 Å². The van der Waals surface area contributed by atoms with E-state index >= 15 is 0 Å². The number of hydrogen-bond acceptors (Lipinski definition) is 3. The van der Waals surface area contributed by atoms with E-state index in [0.29, 0.717) is 32.2 Å². The van der Waals surface area contributed by atoms with Gasteiger partial charge in [-0.3, -0.25) is 4.79 Å². The maximum Gasteiger partial charge on any atom is 0.234 e. The van der Waals surface area contributed by atoms with Crippen molar-refractivity contribution in [3.63, 3.8) is 0 Å². The van der Waals surface area contributed by atoms with Crippen molar-refractivity contribution in [2.75, 3.05) is 26.8 Å². The molecule has 1 aromatic carbocycles. The van der Waals surface area contributed by atoms with Gasteiger partial charge in [-0.2, -0.15) is 0 Å². The normalized spacial score (nSPS) is 10.8. The molecule has 0 aliphatic heterocycles. The van der Waals surface area contributed by atoms with Gasteiger partial charge in [-0.1, -0.05) is 38.1 Å². The zero-order chi connectivity index (χ0) is 14.8. The lowest BCUT2D eigenvalue weighted by Gasteiger charge is -2.08. The first-order valence-corrected chi connectivity index (χ1v) is 7.16. The van der Waals surface area contributed by atoms with Crippen LogP contribution in [0.3, 0.4) is 0 Å². The first kappa shape index (κ1) is 16.7. The van der Waals surface area contributed by atoms with Gasteiger partial charge in [-0.15, -0.1) is 0 Å². The number of benzene rings is 1. The molecule has 0 aliphatic rings. The SMILES string of the molecule is COCCNC(=O)CNCc1ccc(CC(C)C)cc1. The Balaban J connectivity index is 2.23. The molecule has 1 rings (SSSR count). The third-order valence-electron chi connectivity index (χ3n) is 2.91. The van der Waals surface area contributed by atoms with Gasteiger partial charge in [0.2, 0.25) is 5.91 Å². The van der Waals surface area contributed by atoms with Crippen molar-refractivity contribution in [3.05, 3.63) is 35.4 Å². The third kappa shape index (κ3) is 7.26. The Hall–Kier alpha value is -1.39. The van der Waals surface area contributed by atoms with Crippen molar-refractivity contribution >= 4 is 5.91 Å². The molecule has 0 aromatic heterocycles. The standard InChI is InChI=1S/C16H26N2O2/c1-13(2)10-14-4-6-15(7-5-14)11-17-12-16(19)18-8-9-20-3/h4-7,13,17H,8-12H2,1-3H3,(H,18,19). The second kappa shape index (κ2) is 9.50. The van der Waals surface area contributed by atoms with E-state index in [1.807, 2.05) is 0 Å². The van der Waals surface area contributed by atoms with Crippen LogP contribution in [0.2, 0.25) is 0 Å². The van der Waals surface area contributed by atoms with Crippen molar-refractivity contribution < 1.29 is 9.53 Å². The number of carbonyl (C=O) groups is 1. The lowest BCUT2D eigenvalue weighted by molar-refractivity contribution is -0.120. The molecule has 0 saturated heterocycles. The summed E-state index contributed by atoms with van der Waals surface area (Å²) in [4.78, 5) is 11.5. The highest BCUT2D eigenvalue weighted by Gasteiger charge is 2.01. The van der Waals surface area contributed by atoms with Crippen molar-refractivity contribution in [3.8, 4) is 0 Å². The van der Waals surface area contributed by atoms with E-state index in [2.05, 4.69) is 48.7 Å². The zero-order valence-corrected chi connectivity index (χ0v) is 12.7. The van der Waals surface area contributed by atoms with Gasteiger partial charge in [-0.05, 0) is 23.5 Å². The van der Waals surface area contributed by atoms with Gasteiger partial charge >= 0.3 is 0 Å². The van der Waals surface area contributed by atoms with Gasteiger partial charge in [0.25, 0.3) is 0 Å². The third-order valence-corrected chi connectivity index (χ3v) is 2.91. The van der Waals surface area contributed by atoms with Gasteiger partial charge in [-0.25, -0.2) is 0 Å². The molecule has 2 N–H and O–H groups in total. The smallest absolute Gasteiger partial charge is 0.234 e. The van der Waals surface area contributed by atoms with Crippen molar-refractivity contribution in [1.82, 2.24) is 10.6 Å². The molecule has 0 spiro atoms. The molecule has 0 fully saturated rings. The average Bonchev–Trinajstić information content (AvgIpc) is 2.40. The fourth-order valence-electron chi connectivity index (χ4n) is 1.94. The molecule has 0 saturated carbocycles. The predicted octanol–water partition coefficient (Wildman–Crippen LogP) is 1.74. The lowest BCUT2D eigenvalue weighted by atomic mass is 10.0. The molecular formula is C16H26N2O2. The summed E-state index contributed by atoms with van der Waals surface area (Å²) in [7, 11) is 1.62. The summed E-state index contributed by atoms with van der Waals surface area (Å²) in [5.41, 5.74) is 2.56. The van der Waals surface area contributed by atoms with Gasteiger partial charge in [0.15, 0.2) is 0 Å². The number of ether oxygens (including phenoxy) is 1. The van der Waals surface area contributed by atoms with Crippen LogP contribution in [0.5, 0.6) is 0 Å². The van der Waals surface area contributed by atoms with E-state index in [9.17, 15) is 4.79 Å². The summed E-state index contributed by atoms with van der Waals surface area (Å²) >= 11 is 0. The fraction of sp³-hybridized carbons (Fsp3) is 0.562. The number of rotatable bonds is 9. The Morgan fingerprint density at radius 1 is 1.20 bits per heavy atom. The van der Waals surface area contributed by atoms with Crippen molar-refractivity contribution in [1.29, 1.82) is 0 Å². The molecule has 0 radical (unpaired) electrons. The maximum atomic E-state index is 11.5. The fourth-order valence-corrected chi connectivity index (χ4v) is 1.94. The molecule has 20 heavy (non-hydrogen) atoms. The molecule has 0 heterocycles. The highest BCUT2D eigenvalue weighted by Crippen LogP contribution is 2.09. The van der Waals surface area contributed by atoms with E-state index in [-0.39, 0.29) is 5.91 Å². The van der Waals surface area contributed by atoms with Crippen LogP contribution in [-0.4, -0.2) is 32.7 Å². The summed E-state index contributed by atoms with van der Waals surface area (Å²) in [6, 6.07) is 8.56. The molecule has 1 aromatic rings. The van der Waals surface area contributed by atoms with Crippen molar-refractivity contribution in [2.24, 2.45) is 5.92 Å². The van der Waals surface area contributed by atoms with Crippen LogP contribution >= 0.6 is 0 Å². The van der Waals surface area contributed by atoms with Crippen LogP contribution in [-0.2, 0) is 22.5 Å². The minimum atomic E-state index is -0.00141.